The molecule has 5 nitrogen and oxygen atoms in total. The highest BCUT2D eigenvalue weighted by Gasteiger charge is 2.23. The van der Waals surface area contributed by atoms with Gasteiger partial charge < -0.3 is 4.74 Å². The molecule has 0 saturated carbocycles. The van der Waals surface area contributed by atoms with E-state index in [0.717, 1.165) is 9.87 Å². The molecule has 2 aromatic rings. The van der Waals surface area contributed by atoms with Crippen molar-refractivity contribution in [1.82, 2.24) is 4.31 Å². The number of ether oxygens (including phenoxy) is 1. The highest BCUT2D eigenvalue weighted by Crippen LogP contribution is 2.15. The van der Waals surface area contributed by atoms with Crippen molar-refractivity contribution >= 4 is 16.0 Å². The molecule has 0 aliphatic carbocycles. The van der Waals surface area contributed by atoms with Crippen LogP contribution < -0.4 is 4.74 Å². The van der Waals surface area contributed by atoms with Crippen molar-refractivity contribution in [2.24, 2.45) is 0 Å². The average Bonchev–Trinajstić information content (AvgIpc) is 2.48. The fourth-order valence-corrected chi connectivity index (χ4v) is 2.92. The zero-order valence-electron chi connectivity index (χ0n) is 12.4. The first-order valence-corrected chi connectivity index (χ1v) is 8.12. The molecule has 2 rings (SSSR count). The summed E-state index contributed by atoms with van der Waals surface area (Å²) in [5.41, 5.74) is 0.963. The van der Waals surface area contributed by atoms with Gasteiger partial charge in [0.1, 0.15) is 12.3 Å². The van der Waals surface area contributed by atoms with Crippen molar-refractivity contribution in [1.29, 1.82) is 0 Å². The Hall–Kier alpha value is -2.18. The second kappa shape index (κ2) is 6.72. The van der Waals surface area contributed by atoms with Crippen molar-refractivity contribution in [3.63, 3.8) is 0 Å². The first-order valence-electron chi connectivity index (χ1n) is 6.68. The molecule has 0 N–H and O–H groups in total. The predicted octanol–water partition coefficient (Wildman–Crippen LogP) is 2.22. The molecule has 22 heavy (non-hydrogen) atoms. The van der Waals surface area contributed by atoms with Crippen molar-refractivity contribution in [2.45, 2.75) is 11.8 Å². The highest BCUT2D eigenvalue weighted by atomic mass is 32.2. The van der Waals surface area contributed by atoms with Gasteiger partial charge in [0.2, 0.25) is 10.0 Å². The lowest BCUT2D eigenvalue weighted by atomic mass is 10.2. The van der Waals surface area contributed by atoms with E-state index >= 15 is 0 Å². The number of rotatable bonds is 5. The van der Waals surface area contributed by atoms with Gasteiger partial charge in [-0.3, -0.25) is 4.79 Å². The van der Waals surface area contributed by atoms with Gasteiger partial charge in [0.15, 0.2) is 0 Å². The third-order valence-electron chi connectivity index (χ3n) is 3.06. The molecule has 0 aliphatic heterocycles. The second-order valence-corrected chi connectivity index (χ2v) is 6.91. The molecule has 0 bridgehead atoms. The van der Waals surface area contributed by atoms with E-state index in [0.29, 0.717) is 5.75 Å². The van der Waals surface area contributed by atoms with Gasteiger partial charge in [-0.05, 0) is 31.2 Å². The summed E-state index contributed by atoms with van der Waals surface area (Å²) in [5.74, 6) is -0.252. The number of esters is 1. The quantitative estimate of drug-likeness (QED) is 0.626. The summed E-state index contributed by atoms with van der Waals surface area (Å²) in [4.78, 5) is 12.0. The zero-order valence-corrected chi connectivity index (χ0v) is 13.2. The maximum atomic E-state index is 12.3. The van der Waals surface area contributed by atoms with Gasteiger partial charge in [-0.1, -0.05) is 35.9 Å². The lowest BCUT2D eigenvalue weighted by molar-refractivity contribution is -0.134. The monoisotopic (exact) mass is 319 g/mol. The van der Waals surface area contributed by atoms with Gasteiger partial charge in [0, 0.05) is 7.05 Å². The smallest absolute Gasteiger partial charge is 0.326 e. The summed E-state index contributed by atoms with van der Waals surface area (Å²) >= 11 is 0. The topological polar surface area (TPSA) is 63.7 Å². The zero-order chi connectivity index (χ0) is 16.2. The number of carbonyl (C=O) groups excluding carboxylic acids is 1. The van der Waals surface area contributed by atoms with Crippen molar-refractivity contribution in [3.05, 3.63) is 60.2 Å². The van der Waals surface area contributed by atoms with E-state index in [4.69, 9.17) is 4.74 Å². The van der Waals surface area contributed by atoms with Gasteiger partial charge in [-0.25, -0.2) is 8.42 Å². The molecular formula is C16H17NO4S. The largest absolute Gasteiger partial charge is 0.426 e. The van der Waals surface area contributed by atoms with Crippen LogP contribution >= 0.6 is 0 Å². The summed E-state index contributed by atoms with van der Waals surface area (Å²) in [5, 5.41) is 0. The Morgan fingerprint density at radius 1 is 1.05 bits per heavy atom. The van der Waals surface area contributed by atoms with Crippen LogP contribution in [0.2, 0.25) is 0 Å². The Bertz CT molecular complexity index is 739. The average molecular weight is 319 g/mol. The second-order valence-electron chi connectivity index (χ2n) is 4.86. The molecule has 0 radical (unpaired) electrons. The van der Waals surface area contributed by atoms with E-state index in [1.54, 1.807) is 42.5 Å². The first-order chi connectivity index (χ1) is 10.4. The molecule has 0 unspecified atom stereocenters. The molecule has 2 aromatic carbocycles. The Morgan fingerprint density at radius 3 is 2.23 bits per heavy atom. The molecule has 0 heterocycles. The van der Waals surface area contributed by atoms with Crippen LogP contribution in [0.25, 0.3) is 0 Å². The third-order valence-corrected chi connectivity index (χ3v) is 4.87. The number of hydrogen-bond acceptors (Lipinski definition) is 4. The number of sulfonamides is 1. The van der Waals surface area contributed by atoms with E-state index < -0.39 is 16.0 Å². The van der Waals surface area contributed by atoms with Crippen LogP contribution in [0.5, 0.6) is 5.75 Å². The Morgan fingerprint density at radius 2 is 1.64 bits per heavy atom. The summed E-state index contributed by atoms with van der Waals surface area (Å²) in [6, 6.07) is 15.0. The standard InChI is InChI=1S/C16H17NO4S/c1-13-8-10-15(11-9-13)22(19,20)17(2)12-16(18)21-14-6-4-3-5-7-14/h3-11H,12H2,1-2H3. The molecule has 0 fully saturated rings. The van der Waals surface area contributed by atoms with Crippen LogP contribution in [0, 0.1) is 6.92 Å². The summed E-state index contributed by atoms with van der Waals surface area (Å²) < 4.78 is 30.8. The predicted molar refractivity (Wildman–Crippen MR) is 83.1 cm³/mol. The fraction of sp³-hybridized carbons (Fsp3) is 0.188. The van der Waals surface area contributed by atoms with E-state index in [2.05, 4.69) is 0 Å². The lowest BCUT2D eigenvalue weighted by Crippen LogP contribution is -2.34. The molecule has 116 valence electrons. The van der Waals surface area contributed by atoms with Crippen molar-refractivity contribution in [2.75, 3.05) is 13.6 Å². The van der Waals surface area contributed by atoms with E-state index in [1.165, 1.54) is 19.2 Å². The highest BCUT2D eigenvalue weighted by molar-refractivity contribution is 7.89. The minimum atomic E-state index is -3.71. The maximum Gasteiger partial charge on any atom is 0.326 e. The van der Waals surface area contributed by atoms with Crippen LogP contribution in [0.4, 0.5) is 0 Å². The van der Waals surface area contributed by atoms with Crippen molar-refractivity contribution in [3.8, 4) is 5.75 Å². The molecule has 0 amide bonds. The lowest BCUT2D eigenvalue weighted by Gasteiger charge is -2.16. The first kappa shape index (κ1) is 16.2. The normalized spacial score (nSPS) is 11.4. The van der Waals surface area contributed by atoms with Crippen molar-refractivity contribution < 1.29 is 17.9 Å². The number of carbonyl (C=O) groups is 1. The number of hydrogen-bond donors (Lipinski definition) is 0. The number of benzene rings is 2. The van der Waals surface area contributed by atoms with E-state index in [-0.39, 0.29) is 11.4 Å². The molecule has 0 aromatic heterocycles. The molecule has 6 heteroatoms. The van der Waals surface area contributed by atoms with Crippen LogP contribution in [-0.4, -0.2) is 32.3 Å². The number of nitrogens with zero attached hydrogens (tertiary/aromatic N) is 1. The Kier molecular flexibility index (Phi) is 4.95. The SMILES string of the molecule is Cc1ccc(S(=O)(=O)N(C)CC(=O)Oc2ccccc2)cc1. The fourth-order valence-electron chi connectivity index (χ4n) is 1.81. The van der Waals surface area contributed by atoms with Crippen LogP contribution in [-0.2, 0) is 14.8 Å². The number of aryl methyl sites for hydroxylation is 1. The molecule has 0 aliphatic rings. The van der Waals surface area contributed by atoms with E-state index in [9.17, 15) is 13.2 Å². The minimum absolute atomic E-state index is 0.146. The van der Waals surface area contributed by atoms with Gasteiger partial charge >= 0.3 is 5.97 Å². The minimum Gasteiger partial charge on any atom is -0.426 e. The molecule has 0 saturated heterocycles. The van der Waals surface area contributed by atoms with Gasteiger partial charge in [-0.2, -0.15) is 4.31 Å². The third kappa shape index (κ3) is 3.93. The van der Waals surface area contributed by atoms with Crippen LogP contribution in [0.1, 0.15) is 5.56 Å². The van der Waals surface area contributed by atoms with E-state index in [1.807, 2.05) is 6.92 Å². The number of likely N-dealkylation sites (N-methyl/N-ethyl adjacent to an activating group) is 1. The molecular weight excluding hydrogens is 302 g/mol. The van der Waals surface area contributed by atoms with Gasteiger partial charge in [0.25, 0.3) is 0 Å². The Labute approximate surface area is 130 Å². The van der Waals surface area contributed by atoms with Crippen LogP contribution in [0.15, 0.2) is 59.5 Å². The molecule has 0 atom stereocenters. The maximum absolute atomic E-state index is 12.3. The summed E-state index contributed by atoms with van der Waals surface area (Å²) in [6.45, 7) is 1.52. The summed E-state index contributed by atoms with van der Waals surface area (Å²) in [7, 11) is -2.36. The van der Waals surface area contributed by atoms with Crippen LogP contribution in [0.3, 0.4) is 0 Å². The Balaban J connectivity index is 2.06. The van der Waals surface area contributed by atoms with Gasteiger partial charge in [0.05, 0.1) is 4.90 Å². The summed E-state index contributed by atoms with van der Waals surface area (Å²) in [6.07, 6.45) is 0. The number of para-hydroxylation sites is 1. The van der Waals surface area contributed by atoms with Gasteiger partial charge in [-0.15, -0.1) is 0 Å². The molecule has 0 spiro atoms.